The summed E-state index contributed by atoms with van der Waals surface area (Å²) >= 11 is 0. The van der Waals surface area contributed by atoms with Gasteiger partial charge in [-0.25, -0.2) is 0 Å². The molecular weight excluding hydrogens is 250 g/mol. The SMILES string of the molecule is CCN1CCC(N(C)CCCOC2CCNCC2)CC1. The van der Waals surface area contributed by atoms with Crippen molar-refractivity contribution >= 4 is 0 Å². The molecule has 2 fully saturated rings. The van der Waals surface area contributed by atoms with Crippen LogP contribution >= 0.6 is 0 Å². The van der Waals surface area contributed by atoms with E-state index < -0.39 is 0 Å². The molecule has 2 heterocycles. The van der Waals surface area contributed by atoms with Gasteiger partial charge in [-0.05, 0) is 71.9 Å². The molecule has 0 bridgehead atoms. The Hall–Kier alpha value is -0.160. The first-order valence-electron chi connectivity index (χ1n) is 8.54. The standard InChI is InChI=1S/C16H33N3O/c1-3-19-12-7-15(8-13-19)18(2)11-4-14-20-16-5-9-17-10-6-16/h15-17H,3-14H2,1-2H3. The Labute approximate surface area is 124 Å². The lowest BCUT2D eigenvalue weighted by Crippen LogP contribution is -2.43. The zero-order valence-corrected chi connectivity index (χ0v) is 13.4. The second kappa shape index (κ2) is 8.98. The highest BCUT2D eigenvalue weighted by atomic mass is 16.5. The number of hydrogen-bond acceptors (Lipinski definition) is 4. The molecule has 4 nitrogen and oxygen atoms in total. The van der Waals surface area contributed by atoms with E-state index in [0.29, 0.717) is 6.10 Å². The van der Waals surface area contributed by atoms with Crippen LogP contribution in [0, 0.1) is 0 Å². The predicted molar refractivity (Wildman–Crippen MR) is 84.2 cm³/mol. The van der Waals surface area contributed by atoms with Gasteiger partial charge >= 0.3 is 0 Å². The average Bonchev–Trinajstić information content (AvgIpc) is 2.52. The van der Waals surface area contributed by atoms with E-state index in [1.54, 1.807) is 0 Å². The fraction of sp³-hybridized carbons (Fsp3) is 1.00. The molecular formula is C16H33N3O. The van der Waals surface area contributed by atoms with E-state index in [0.717, 1.165) is 25.7 Å². The summed E-state index contributed by atoms with van der Waals surface area (Å²) in [7, 11) is 2.29. The zero-order valence-electron chi connectivity index (χ0n) is 13.4. The van der Waals surface area contributed by atoms with E-state index in [2.05, 4.69) is 29.1 Å². The number of rotatable bonds is 7. The maximum absolute atomic E-state index is 5.98. The van der Waals surface area contributed by atoms with Gasteiger partial charge in [0.15, 0.2) is 0 Å². The second-order valence-electron chi connectivity index (χ2n) is 6.32. The van der Waals surface area contributed by atoms with Crippen LogP contribution in [-0.2, 0) is 4.74 Å². The highest BCUT2D eigenvalue weighted by Gasteiger charge is 2.21. The molecule has 0 atom stereocenters. The monoisotopic (exact) mass is 283 g/mol. The van der Waals surface area contributed by atoms with Crippen molar-refractivity contribution in [3.63, 3.8) is 0 Å². The van der Waals surface area contributed by atoms with Gasteiger partial charge in [-0.2, -0.15) is 0 Å². The first-order valence-corrected chi connectivity index (χ1v) is 8.54. The number of nitrogens with one attached hydrogen (secondary N) is 1. The topological polar surface area (TPSA) is 27.7 Å². The third-order valence-corrected chi connectivity index (χ3v) is 4.92. The summed E-state index contributed by atoms with van der Waals surface area (Å²) in [6.07, 6.45) is 6.72. The quantitative estimate of drug-likeness (QED) is 0.718. The maximum atomic E-state index is 5.98. The lowest BCUT2D eigenvalue weighted by Gasteiger charge is -2.36. The summed E-state index contributed by atoms with van der Waals surface area (Å²) in [5, 5.41) is 3.38. The molecule has 0 aromatic heterocycles. The fourth-order valence-corrected chi connectivity index (χ4v) is 3.38. The highest BCUT2D eigenvalue weighted by Crippen LogP contribution is 2.15. The summed E-state index contributed by atoms with van der Waals surface area (Å²) in [6, 6.07) is 0.789. The Morgan fingerprint density at radius 2 is 1.85 bits per heavy atom. The number of likely N-dealkylation sites (tertiary alicyclic amines) is 1. The Kier molecular flexibility index (Phi) is 7.28. The Morgan fingerprint density at radius 1 is 1.15 bits per heavy atom. The molecule has 2 rings (SSSR count). The molecule has 2 aliphatic heterocycles. The lowest BCUT2D eigenvalue weighted by atomic mass is 10.0. The third-order valence-electron chi connectivity index (χ3n) is 4.92. The minimum Gasteiger partial charge on any atom is -0.378 e. The van der Waals surface area contributed by atoms with Crippen LogP contribution in [0.25, 0.3) is 0 Å². The first kappa shape index (κ1) is 16.2. The van der Waals surface area contributed by atoms with Gasteiger partial charge in [-0.15, -0.1) is 0 Å². The van der Waals surface area contributed by atoms with Crippen LogP contribution in [-0.4, -0.2) is 74.9 Å². The van der Waals surface area contributed by atoms with Crippen molar-refractivity contribution in [3.05, 3.63) is 0 Å². The smallest absolute Gasteiger partial charge is 0.0599 e. The van der Waals surface area contributed by atoms with E-state index in [-0.39, 0.29) is 0 Å². The van der Waals surface area contributed by atoms with Gasteiger partial charge in [0.2, 0.25) is 0 Å². The van der Waals surface area contributed by atoms with Crippen molar-refractivity contribution in [2.75, 3.05) is 52.9 Å². The van der Waals surface area contributed by atoms with Crippen molar-refractivity contribution in [2.45, 2.75) is 51.2 Å². The Balaban J connectivity index is 1.52. The van der Waals surface area contributed by atoms with Crippen molar-refractivity contribution in [1.29, 1.82) is 0 Å². The molecule has 1 N–H and O–H groups in total. The van der Waals surface area contributed by atoms with Gasteiger partial charge in [0, 0.05) is 19.2 Å². The van der Waals surface area contributed by atoms with Gasteiger partial charge in [0.25, 0.3) is 0 Å². The molecule has 0 aromatic carbocycles. The van der Waals surface area contributed by atoms with Crippen molar-refractivity contribution in [3.8, 4) is 0 Å². The van der Waals surface area contributed by atoms with Gasteiger partial charge < -0.3 is 19.9 Å². The van der Waals surface area contributed by atoms with Crippen LogP contribution in [0.3, 0.4) is 0 Å². The maximum Gasteiger partial charge on any atom is 0.0599 e. The third kappa shape index (κ3) is 5.32. The number of piperidine rings is 2. The molecule has 2 aliphatic rings. The van der Waals surface area contributed by atoms with Crippen molar-refractivity contribution in [2.24, 2.45) is 0 Å². The average molecular weight is 283 g/mol. The van der Waals surface area contributed by atoms with Crippen molar-refractivity contribution in [1.82, 2.24) is 15.1 Å². The molecule has 2 saturated heterocycles. The molecule has 0 saturated carbocycles. The molecule has 0 aliphatic carbocycles. The molecule has 0 radical (unpaired) electrons. The number of hydrogen-bond donors (Lipinski definition) is 1. The summed E-state index contributed by atoms with van der Waals surface area (Å²) in [6.45, 7) is 10.4. The predicted octanol–water partition coefficient (Wildman–Crippen LogP) is 1.56. The summed E-state index contributed by atoms with van der Waals surface area (Å²) in [5.74, 6) is 0. The van der Waals surface area contributed by atoms with Crippen LogP contribution in [0.1, 0.15) is 39.0 Å². The second-order valence-corrected chi connectivity index (χ2v) is 6.32. The Bertz CT molecular complexity index is 248. The van der Waals surface area contributed by atoms with E-state index in [1.807, 2.05) is 0 Å². The molecule has 118 valence electrons. The van der Waals surface area contributed by atoms with Gasteiger partial charge in [0.1, 0.15) is 0 Å². The first-order chi connectivity index (χ1) is 9.79. The largest absolute Gasteiger partial charge is 0.378 e. The number of ether oxygens (including phenoxy) is 1. The summed E-state index contributed by atoms with van der Waals surface area (Å²) in [4.78, 5) is 5.11. The molecule has 4 heteroatoms. The van der Waals surface area contributed by atoms with Crippen LogP contribution in [0.15, 0.2) is 0 Å². The zero-order chi connectivity index (χ0) is 14.2. The van der Waals surface area contributed by atoms with Crippen LogP contribution < -0.4 is 5.32 Å². The van der Waals surface area contributed by atoms with Gasteiger partial charge in [0.05, 0.1) is 6.10 Å². The van der Waals surface area contributed by atoms with E-state index in [4.69, 9.17) is 4.74 Å². The summed E-state index contributed by atoms with van der Waals surface area (Å²) in [5.41, 5.74) is 0. The molecule has 0 amide bonds. The molecule has 0 spiro atoms. The molecule has 0 aromatic rings. The highest BCUT2D eigenvalue weighted by molar-refractivity contribution is 4.77. The van der Waals surface area contributed by atoms with E-state index >= 15 is 0 Å². The fourth-order valence-electron chi connectivity index (χ4n) is 3.38. The van der Waals surface area contributed by atoms with Crippen LogP contribution in [0.5, 0.6) is 0 Å². The number of nitrogens with zero attached hydrogens (tertiary/aromatic N) is 2. The van der Waals surface area contributed by atoms with Crippen molar-refractivity contribution < 1.29 is 4.74 Å². The van der Waals surface area contributed by atoms with Crippen LogP contribution in [0.2, 0.25) is 0 Å². The van der Waals surface area contributed by atoms with Gasteiger partial charge in [-0.1, -0.05) is 6.92 Å². The molecule has 0 unspecified atom stereocenters. The Morgan fingerprint density at radius 3 is 2.50 bits per heavy atom. The van der Waals surface area contributed by atoms with Gasteiger partial charge in [-0.3, -0.25) is 0 Å². The van der Waals surface area contributed by atoms with Crippen LogP contribution in [0.4, 0.5) is 0 Å². The minimum atomic E-state index is 0.509. The lowest BCUT2D eigenvalue weighted by molar-refractivity contribution is 0.0255. The molecule has 20 heavy (non-hydrogen) atoms. The normalized spacial score (nSPS) is 23.6. The minimum absolute atomic E-state index is 0.509. The van der Waals surface area contributed by atoms with E-state index in [1.165, 1.54) is 58.3 Å². The summed E-state index contributed by atoms with van der Waals surface area (Å²) < 4.78 is 5.98. The van der Waals surface area contributed by atoms with E-state index in [9.17, 15) is 0 Å².